The number of nitrogens with one attached hydrogen (secondary N) is 1. The minimum absolute atomic E-state index is 0.0489. The van der Waals surface area contributed by atoms with Crippen LogP contribution in [0.15, 0.2) is 47.2 Å². The molecule has 2 aromatic heterocycles. The monoisotopic (exact) mass is 330 g/mol. The second-order valence-electron chi connectivity index (χ2n) is 5.22. The third kappa shape index (κ3) is 3.29. The summed E-state index contributed by atoms with van der Waals surface area (Å²) in [6.45, 7) is 2.00. The predicted molar refractivity (Wildman–Crippen MR) is 91.7 cm³/mol. The molecular formula is C17H15ClN2OS. The first kappa shape index (κ1) is 15.0. The number of aromatic nitrogens is 1. The fraction of sp³-hybridized carbons (Fsp3) is 0.176. The zero-order valence-electron chi connectivity index (χ0n) is 12.0. The summed E-state index contributed by atoms with van der Waals surface area (Å²) in [6.07, 6.45) is 0.811. The quantitative estimate of drug-likeness (QED) is 0.724. The van der Waals surface area contributed by atoms with Gasteiger partial charge in [0.05, 0.1) is 11.1 Å². The standard InChI is InChI=1S/C17H15ClN2OS/c1-11(8-12-6-7-22-10-12)19-17(21)14-9-16(18)20-15-5-3-2-4-13(14)15/h2-7,9-11H,8H2,1H3,(H,19,21). The predicted octanol–water partition coefficient (Wildman–Crippen LogP) is 4.31. The van der Waals surface area contributed by atoms with Crippen molar-refractivity contribution in [1.82, 2.24) is 10.3 Å². The molecule has 5 heteroatoms. The highest BCUT2D eigenvalue weighted by Crippen LogP contribution is 2.21. The van der Waals surface area contributed by atoms with Gasteiger partial charge in [0.25, 0.3) is 5.91 Å². The third-order valence-electron chi connectivity index (χ3n) is 3.43. The summed E-state index contributed by atoms with van der Waals surface area (Å²) in [6, 6.07) is 11.3. The van der Waals surface area contributed by atoms with Crippen molar-refractivity contribution in [3.05, 3.63) is 63.4 Å². The molecule has 0 saturated heterocycles. The summed E-state index contributed by atoms with van der Waals surface area (Å²) >= 11 is 7.69. The van der Waals surface area contributed by atoms with Gasteiger partial charge in [-0.3, -0.25) is 4.79 Å². The molecule has 112 valence electrons. The normalized spacial score (nSPS) is 12.3. The van der Waals surface area contributed by atoms with E-state index in [9.17, 15) is 4.79 Å². The van der Waals surface area contributed by atoms with Crippen molar-refractivity contribution in [2.24, 2.45) is 0 Å². The van der Waals surface area contributed by atoms with Crippen LogP contribution in [0.4, 0.5) is 0 Å². The molecule has 3 nitrogen and oxygen atoms in total. The Hall–Kier alpha value is -1.91. The van der Waals surface area contributed by atoms with E-state index >= 15 is 0 Å². The molecule has 0 spiro atoms. The summed E-state index contributed by atoms with van der Waals surface area (Å²) in [7, 11) is 0. The van der Waals surface area contributed by atoms with E-state index in [1.807, 2.05) is 36.6 Å². The van der Waals surface area contributed by atoms with Crippen molar-refractivity contribution in [1.29, 1.82) is 0 Å². The van der Waals surface area contributed by atoms with Gasteiger partial charge in [-0.2, -0.15) is 11.3 Å². The molecule has 1 aromatic carbocycles. The molecular weight excluding hydrogens is 316 g/mol. The van der Waals surface area contributed by atoms with E-state index in [1.54, 1.807) is 17.4 Å². The molecule has 1 unspecified atom stereocenters. The average molecular weight is 331 g/mol. The Kier molecular flexibility index (Phi) is 4.41. The van der Waals surface area contributed by atoms with Gasteiger partial charge in [-0.05, 0) is 47.9 Å². The van der Waals surface area contributed by atoms with Crippen molar-refractivity contribution in [2.75, 3.05) is 0 Å². The Balaban J connectivity index is 1.83. The van der Waals surface area contributed by atoms with Crippen LogP contribution >= 0.6 is 22.9 Å². The second-order valence-corrected chi connectivity index (χ2v) is 6.39. The fourth-order valence-electron chi connectivity index (χ4n) is 2.45. The number of carbonyl (C=O) groups excluding carboxylic acids is 1. The highest BCUT2D eigenvalue weighted by molar-refractivity contribution is 7.07. The number of hydrogen-bond acceptors (Lipinski definition) is 3. The molecule has 1 N–H and O–H groups in total. The van der Waals surface area contributed by atoms with E-state index in [0.717, 1.165) is 17.3 Å². The Morgan fingerprint density at radius 3 is 2.95 bits per heavy atom. The van der Waals surface area contributed by atoms with E-state index < -0.39 is 0 Å². The number of hydrogen-bond donors (Lipinski definition) is 1. The fourth-order valence-corrected chi connectivity index (χ4v) is 3.33. The van der Waals surface area contributed by atoms with Gasteiger partial charge in [0.2, 0.25) is 0 Å². The first-order valence-electron chi connectivity index (χ1n) is 7.00. The molecule has 0 aliphatic rings. The first-order valence-corrected chi connectivity index (χ1v) is 8.33. The van der Waals surface area contributed by atoms with Gasteiger partial charge in [-0.25, -0.2) is 4.98 Å². The first-order chi connectivity index (χ1) is 10.6. The van der Waals surface area contributed by atoms with Crippen LogP contribution in [0.2, 0.25) is 5.15 Å². The molecule has 0 radical (unpaired) electrons. The molecule has 1 atom stereocenters. The van der Waals surface area contributed by atoms with Crippen molar-refractivity contribution in [3.8, 4) is 0 Å². The van der Waals surface area contributed by atoms with Gasteiger partial charge < -0.3 is 5.32 Å². The molecule has 0 bridgehead atoms. The lowest BCUT2D eigenvalue weighted by atomic mass is 10.1. The lowest BCUT2D eigenvalue weighted by molar-refractivity contribution is 0.0941. The molecule has 2 heterocycles. The Morgan fingerprint density at radius 1 is 1.36 bits per heavy atom. The van der Waals surface area contributed by atoms with Gasteiger partial charge >= 0.3 is 0 Å². The van der Waals surface area contributed by atoms with Crippen LogP contribution in [0.5, 0.6) is 0 Å². The van der Waals surface area contributed by atoms with E-state index in [1.165, 1.54) is 5.56 Å². The summed E-state index contributed by atoms with van der Waals surface area (Å²) in [4.78, 5) is 16.8. The minimum Gasteiger partial charge on any atom is -0.349 e. The Labute approximate surface area is 138 Å². The Bertz CT molecular complexity index is 802. The lowest BCUT2D eigenvalue weighted by Crippen LogP contribution is -2.34. The maximum atomic E-state index is 12.6. The van der Waals surface area contributed by atoms with Gasteiger partial charge in [-0.15, -0.1) is 0 Å². The topological polar surface area (TPSA) is 42.0 Å². The van der Waals surface area contributed by atoms with E-state index in [2.05, 4.69) is 21.7 Å². The van der Waals surface area contributed by atoms with E-state index in [0.29, 0.717) is 10.7 Å². The van der Waals surface area contributed by atoms with Gasteiger partial charge in [0.1, 0.15) is 5.15 Å². The van der Waals surface area contributed by atoms with Crippen LogP contribution in [0, 0.1) is 0 Å². The van der Waals surface area contributed by atoms with Gasteiger partial charge in [-0.1, -0.05) is 29.8 Å². The van der Waals surface area contributed by atoms with Crippen LogP contribution in [0.1, 0.15) is 22.8 Å². The van der Waals surface area contributed by atoms with Crippen LogP contribution < -0.4 is 5.32 Å². The molecule has 0 fully saturated rings. The number of benzene rings is 1. The number of fused-ring (bicyclic) bond motifs is 1. The summed E-state index contributed by atoms with van der Waals surface area (Å²) < 4.78 is 0. The van der Waals surface area contributed by atoms with Crippen molar-refractivity contribution in [2.45, 2.75) is 19.4 Å². The summed E-state index contributed by atoms with van der Waals surface area (Å²) in [5.74, 6) is -0.122. The molecule has 0 aliphatic carbocycles. The molecule has 0 aliphatic heterocycles. The van der Waals surface area contributed by atoms with Crippen LogP contribution in [-0.2, 0) is 6.42 Å². The van der Waals surface area contributed by atoms with Crippen LogP contribution in [-0.4, -0.2) is 16.9 Å². The second kappa shape index (κ2) is 6.46. The number of para-hydroxylation sites is 1. The highest BCUT2D eigenvalue weighted by Gasteiger charge is 2.15. The zero-order chi connectivity index (χ0) is 15.5. The number of thiophene rings is 1. The molecule has 0 saturated carbocycles. The smallest absolute Gasteiger partial charge is 0.252 e. The van der Waals surface area contributed by atoms with Crippen molar-refractivity contribution < 1.29 is 4.79 Å². The maximum Gasteiger partial charge on any atom is 0.252 e. The molecule has 3 rings (SSSR count). The summed E-state index contributed by atoms with van der Waals surface area (Å²) in [5, 5.41) is 8.31. The average Bonchev–Trinajstić information content (AvgIpc) is 2.98. The van der Waals surface area contributed by atoms with Crippen molar-refractivity contribution >= 4 is 39.7 Å². The van der Waals surface area contributed by atoms with E-state index in [-0.39, 0.29) is 11.9 Å². The number of carbonyl (C=O) groups is 1. The van der Waals surface area contributed by atoms with Crippen LogP contribution in [0.3, 0.4) is 0 Å². The van der Waals surface area contributed by atoms with Gasteiger partial charge in [0, 0.05) is 11.4 Å². The van der Waals surface area contributed by atoms with Gasteiger partial charge in [0.15, 0.2) is 0 Å². The van der Waals surface area contributed by atoms with Crippen LogP contribution in [0.25, 0.3) is 10.9 Å². The molecule has 22 heavy (non-hydrogen) atoms. The lowest BCUT2D eigenvalue weighted by Gasteiger charge is -2.14. The van der Waals surface area contributed by atoms with Crippen molar-refractivity contribution in [3.63, 3.8) is 0 Å². The number of rotatable bonds is 4. The highest BCUT2D eigenvalue weighted by atomic mass is 35.5. The van der Waals surface area contributed by atoms with E-state index in [4.69, 9.17) is 11.6 Å². The SMILES string of the molecule is CC(Cc1ccsc1)NC(=O)c1cc(Cl)nc2ccccc12. The molecule has 3 aromatic rings. The molecule has 1 amide bonds. The Morgan fingerprint density at radius 2 is 2.18 bits per heavy atom. The minimum atomic E-state index is -0.122. The maximum absolute atomic E-state index is 12.6. The number of amides is 1. The number of pyridine rings is 1. The summed E-state index contributed by atoms with van der Waals surface area (Å²) in [5.41, 5.74) is 2.52. The zero-order valence-corrected chi connectivity index (χ0v) is 13.6. The number of nitrogens with zero attached hydrogens (tertiary/aromatic N) is 1. The number of halogens is 1. The third-order valence-corrected chi connectivity index (χ3v) is 4.35. The largest absolute Gasteiger partial charge is 0.349 e.